The summed E-state index contributed by atoms with van der Waals surface area (Å²) in [7, 11) is 0. The van der Waals surface area contributed by atoms with Crippen molar-refractivity contribution in [3.8, 4) is 11.8 Å². The second-order valence-electron chi connectivity index (χ2n) is 2.82. The zero-order chi connectivity index (χ0) is 10.8. The van der Waals surface area contributed by atoms with Gasteiger partial charge in [0.15, 0.2) is 0 Å². The van der Waals surface area contributed by atoms with E-state index in [1.807, 2.05) is 6.07 Å². The van der Waals surface area contributed by atoms with Gasteiger partial charge in [-0.15, -0.1) is 5.10 Å². The van der Waals surface area contributed by atoms with Crippen LogP contribution in [-0.4, -0.2) is 14.8 Å². The summed E-state index contributed by atoms with van der Waals surface area (Å²) in [6.45, 7) is 0. The fourth-order valence-electron chi connectivity index (χ4n) is 1.19. The van der Waals surface area contributed by atoms with E-state index in [1.165, 1.54) is 23.1 Å². The molecule has 1 aromatic heterocycles. The Labute approximate surface area is 84.6 Å². The van der Waals surface area contributed by atoms with Crippen LogP contribution in [-0.2, 0) is 0 Å². The number of halogens is 1. The molecule has 0 radical (unpaired) electrons. The summed E-state index contributed by atoms with van der Waals surface area (Å²) in [5.41, 5.74) is 5.97. The van der Waals surface area contributed by atoms with Gasteiger partial charge in [0, 0.05) is 0 Å². The number of anilines is 1. The third-order valence-electron chi connectivity index (χ3n) is 1.84. The van der Waals surface area contributed by atoms with Crippen LogP contribution >= 0.6 is 0 Å². The number of hydrogen-bond donors (Lipinski definition) is 1. The van der Waals surface area contributed by atoms with Crippen molar-refractivity contribution in [3.05, 3.63) is 35.9 Å². The molecule has 0 fully saturated rings. The lowest BCUT2D eigenvalue weighted by Gasteiger charge is -2.01. The molecule has 15 heavy (non-hydrogen) atoms. The highest BCUT2D eigenvalue weighted by Gasteiger charge is 2.07. The quantitative estimate of drug-likeness (QED) is 0.745. The maximum absolute atomic E-state index is 12.8. The van der Waals surface area contributed by atoms with Crippen molar-refractivity contribution in [1.82, 2.24) is 14.8 Å². The van der Waals surface area contributed by atoms with Crippen LogP contribution < -0.4 is 5.73 Å². The van der Waals surface area contributed by atoms with E-state index in [0.717, 1.165) is 6.07 Å². The topological polar surface area (TPSA) is 80.5 Å². The Kier molecular flexibility index (Phi) is 2.06. The largest absolute Gasteiger partial charge is 0.366 e. The summed E-state index contributed by atoms with van der Waals surface area (Å²) in [6.07, 6.45) is 1.36. The van der Waals surface area contributed by atoms with E-state index in [9.17, 15) is 4.39 Å². The Morgan fingerprint density at radius 1 is 1.47 bits per heavy atom. The monoisotopic (exact) mass is 203 g/mol. The van der Waals surface area contributed by atoms with E-state index >= 15 is 0 Å². The fraction of sp³-hybridized carbons (Fsp3) is 0. The molecule has 0 aliphatic rings. The first kappa shape index (κ1) is 9.15. The summed E-state index contributed by atoms with van der Waals surface area (Å²) < 4.78 is 14.2. The van der Waals surface area contributed by atoms with Gasteiger partial charge in [-0.2, -0.15) is 5.26 Å². The van der Waals surface area contributed by atoms with E-state index < -0.39 is 5.82 Å². The van der Waals surface area contributed by atoms with Crippen molar-refractivity contribution in [3.63, 3.8) is 0 Å². The molecule has 0 aliphatic carbocycles. The van der Waals surface area contributed by atoms with Crippen molar-refractivity contribution >= 4 is 5.95 Å². The molecule has 0 aliphatic heterocycles. The van der Waals surface area contributed by atoms with Gasteiger partial charge >= 0.3 is 0 Å². The Morgan fingerprint density at radius 2 is 2.27 bits per heavy atom. The number of nitrogen functional groups attached to an aromatic ring is 1. The second kappa shape index (κ2) is 3.38. The Morgan fingerprint density at radius 3 is 2.87 bits per heavy atom. The zero-order valence-electron chi connectivity index (χ0n) is 7.55. The highest BCUT2D eigenvalue weighted by molar-refractivity contribution is 5.48. The Balaban J connectivity index is 2.58. The average Bonchev–Trinajstić information content (AvgIpc) is 2.64. The molecule has 2 rings (SSSR count). The zero-order valence-corrected chi connectivity index (χ0v) is 7.55. The van der Waals surface area contributed by atoms with Crippen LogP contribution in [0.1, 0.15) is 5.56 Å². The summed E-state index contributed by atoms with van der Waals surface area (Å²) in [5, 5.41) is 12.6. The van der Waals surface area contributed by atoms with Crippen LogP contribution in [0.3, 0.4) is 0 Å². The number of aromatic nitrogens is 3. The molecule has 5 nitrogen and oxygen atoms in total. The lowest BCUT2D eigenvalue weighted by atomic mass is 10.2. The molecule has 0 spiro atoms. The number of benzene rings is 1. The number of nitrogens with two attached hydrogens (primary N) is 1. The first-order valence-corrected chi connectivity index (χ1v) is 4.08. The van der Waals surface area contributed by atoms with Gasteiger partial charge in [0.25, 0.3) is 0 Å². The second-order valence-corrected chi connectivity index (χ2v) is 2.82. The minimum Gasteiger partial charge on any atom is -0.366 e. The molecule has 6 heteroatoms. The highest BCUT2D eigenvalue weighted by atomic mass is 19.1. The first-order valence-electron chi connectivity index (χ1n) is 4.08. The summed E-state index contributed by atoms with van der Waals surface area (Å²) in [4.78, 5) is 3.72. The van der Waals surface area contributed by atoms with Gasteiger partial charge in [-0.25, -0.2) is 14.1 Å². The van der Waals surface area contributed by atoms with Crippen LogP contribution in [0, 0.1) is 17.1 Å². The maximum atomic E-state index is 12.8. The minimum absolute atomic E-state index is 0.100. The number of nitrogens with zero attached hydrogens (tertiary/aromatic N) is 4. The van der Waals surface area contributed by atoms with E-state index in [4.69, 9.17) is 11.0 Å². The Bertz CT molecular complexity index is 540. The van der Waals surface area contributed by atoms with E-state index in [-0.39, 0.29) is 11.5 Å². The predicted octanol–water partition coefficient (Wildman–Crippen LogP) is 0.860. The van der Waals surface area contributed by atoms with Crippen LogP contribution in [0.2, 0.25) is 0 Å². The maximum Gasteiger partial charge on any atom is 0.239 e. The molecule has 0 saturated heterocycles. The fourth-order valence-corrected chi connectivity index (χ4v) is 1.19. The predicted molar refractivity (Wildman–Crippen MR) is 50.4 cm³/mol. The van der Waals surface area contributed by atoms with Crippen LogP contribution in [0.4, 0.5) is 10.3 Å². The van der Waals surface area contributed by atoms with Gasteiger partial charge < -0.3 is 5.73 Å². The molecule has 74 valence electrons. The van der Waals surface area contributed by atoms with Gasteiger partial charge in [0.2, 0.25) is 5.95 Å². The first-order chi connectivity index (χ1) is 7.20. The molecular formula is C9H6FN5. The number of hydrogen-bond acceptors (Lipinski definition) is 4. The average molecular weight is 203 g/mol. The number of nitriles is 1. The van der Waals surface area contributed by atoms with Gasteiger partial charge in [0.1, 0.15) is 18.2 Å². The standard InChI is InChI=1S/C9H6FN5/c10-7-1-2-8(6(3-7)4-11)15-5-13-9(12)14-15/h1-3,5H,(H2,12,14). The van der Waals surface area contributed by atoms with Crippen molar-refractivity contribution in [2.24, 2.45) is 0 Å². The smallest absolute Gasteiger partial charge is 0.239 e. The summed E-state index contributed by atoms with van der Waals surface area (Å²) in [6, 6.07) is 5.70. The molecule has 0 atom stereocenters. The minimum atomic E-state index is -0.469. The van der Waals surface area contributed by atoms with E-state index in [1.54, 1.807) is 0 Å². The Hall–Kier alpha value is -2.42. The number of rotatable bonds is 1. The van der Waals surface area contributed by atoms with Gasteiger partial charge in [0.05, 0.1) is 11.3 Å². The molecule has 2 aromatic rings. The van der Waals surface area contributed by atoms with Crippen molar-refractivity contribution < 1.29 is 4.39 Å². The van der Waals surface area contributed by atoms with Gasteiger partial charge in [-0.1, -0.05) is 0 Å². The molecule has 0 saturated carbocycles. The SMILES string of the molecule is N#Cc1cc(F)ccc1-n1cnc(N)n1. The third-order valence-corrected chi connectivity index (χ3v) is 1.84. The summed E-state index contributed by atoms with van der Waals surface area (Å²) >= 11 is 0. The van der Waals surface area contributed by atoms with E-state index in [2.05, 4.69) is 10.1 Å². The molecule has 1 aromatic carbocycles. The molecule has 2 N–H and O–H groups in total. The van der Waals surface area contributed by atoms with Gasteiger partial charge in [-0.05, 0) is 18.2 Å². The molecule has 0 unspecified atom stereocenters. The lowest BCUT2D eigenvalue weighted by molar-refractivity contribution is 0.626. The van der Waals surface area contributed by atoms with E-state index in [0.29, 0.717) is 5.69 Å². The summed E-state index contributed by atoms with van der Waals surface area (Å²) in [5.74, 6) is -0.369. The van der Waals surface area contributed by atoms with Crippen LogP contribution in [0.15, 0.2) is 24.5 Å². The highest BCUT2D eigenvalue weighted by Crippen LogP contribution is 2.14. The van der Waals surface area contributed by atoms with Crippen molar-refractivity contribution in [2.45, 2.75) is 0 Å². The van der Waals surface area contributed by atoms with Gasteiger partial charge in [-0.3, -0.25) is 0 Å². The van der Waals surface area contributed by atoms with Crippen molar-refractivity contribution in [1.29, 1.82) is 5.26 Å². The normalized spacial score (nSPS) is 9.87. The lowest BCUT2D eigenvalue weighted by Crippen LogP contribution is -1.99. The van der Waals surface area contributed by atoms with Crippen LogP contribution in [0.25, 0.3) is 5.69 Å². The molecule has 1 heterocycles. The van der Waals surface area contributed by atoms with Crippen LogP contribution in [0.5, 0.6) is 0 Å². The third kappa shape index (κ3) is 1.62. The van der Waals surface area contributed by atoms with Crippen molar-refractivity contribution in [2.75, 3.05) is 5.73 Å². The molecule has 0 amide bonds. The molecular weight excluding hydrogens is 197 g/mol. The molecule has 0 bridgehead atoms.